The van der Waals surface area contributed by atoms with Crippen molar-refractivity contribution in [2.45, 2.75) is 46.2 Å². The van der Waals surface area contributed by atoms with Gasteiger partial charge in [-0.3, -0.25) is 9.48 Å². The van der Waals surface area contributed by atoms with Gasteiger partial charge in [0, 0.05) is 19.6 Å². The van der Waals surface area contributed by atoms with Crippen LogP contribution >= 0.6 is 0 Å². The molecule has 6 heteroatoms. The Morgan fingerprint density at radius 3 is 2.38 bits per heavy atom. The predicted octanol–water partition coefficient (Wildman–Crippen LogP) is 3.24. The average Bonchev–Trinajstić information content (AvgIpc) is 3.10. The highest BCUT2D eigenvalue weighted by Gasteiger charge is 2.26. The number of aryl methyl sites for hydroxylation is 1. The zero-order valence-corrected chi connectivity index (χ0v) is 16.2. The van der Waals surface area contributed by atoms with E-state index in [1.54, 1.807) is 14.2 Å². The molecule has 0 radical (unpaired) electrons. The molecule has 2 aromatic rings. The first kappa shape index (κ1) is 18.3. The highest BCUT2D eigenvalue weighted by Crippen LogP contribution is 2.33. The van der Waals surface area contributed by atoms with Gasteiger partial charge in [0.25, 0.3) is 5.91 Å². The molecule has 1 aromatic carbocycles. The van der Waals surface area contributed by atoms with Crippen molar-refractivity contribution in [3.05, 3.63) is 40.7 Å². The summed E-state index contributed by atoms with van der Waals surface area (Å²) in [6, 6.07) is 5.92. The molecule has 0 unspecified atom stereocenters. The Bertz CT molecular complexity index is 811. The number of ether oxygens (including phenoxy) is 2. The number of carbonyl (C=O) groups is 1. The van der Waals surface area contributed by atoms with Crippen molar-refractivity contribution >= 4 is 5.91 Å². The molecule has 1 aliphatic heterocycles. The Balaban J connectivity index is 1.88. The Labute approximate surface area is 154 Å². The van der Waals surface area contributed by atoms with Crippen molar-refractivity contribution in [3.63, 3.8) is 0 Å². The molecule has 2 heterocycles. The molecule has 3 rings (SSSR count). The van der Waals surface area contributed by atoms with Crippen molar-refractivity contribution in [2.24, 2.45) is 0 Å². The Morgan fingerprint density at radius 1 is 1.15 bits per heavy atom. The van der Waals surface area contributed by atoms with Gasteiger partial charge >= 0.3 is 0 Å². The van der Waals surface area contributed by atoms with Gasteiger partial charge in [-0.15, -0.1) is 0 Å². The molecule has 0 fully saturated rings. The molecule has 26 heavy (non-hydrogen) atoms. The van der Waals surface area contributed by atoms with Crippen LogP contribution in [-0.2, 0) is 19.5 Å². The molecule has 140 valence electrons. The molecule has 0 spiro atoms. The van der Waals surface area contributed by atoms with E-state index in [1.807, 2.05) is 34.7 Å². The van der Waals surface area contributed by atoms with Crippen LogP contribution in [0.4, 0.5) is 0 Å². The van der Waals surface area contributed by atoms with Gasteiger partial charge < -0.3 is 14.4 Å². The van der Waals surface area contributed by atoms with Crippen LogP contribution in [0.15, 0.2) is 18.2 Å². The van der Waals surface area contributed by atoms with E-state index in [0.717, 1.165) is 23.4 Å². The summed E-state index contributed by atoms with van der Waals surface area (Å²) in [4.78, 5) is 15.0. The lowest BCUT2D eigenvalue weighted by molar-refractivity contribution is 0.0722. The molecule has 1 amide bonds. The minimum Gasteiger partial charge on any atom is -0.493 e. The van der Waals surface area contributed by atoms with E-state index in [2.05, 4.69) is 18.9 Å². The van der Waals surface area contributed by atoms with E-state index in [9.17, 15) is 4.79 Å². The second kappa shape index (κ2) is 7.40. The number of hydrogen-bond acceptors (Lipinski definition) is 4. The molecular formula is C20H27N3O3. The van der Waals surface area contributed by atoms with E-state index in [4.69, 9.17) is 9.47 Å². The van der Waals surface area contributed by atoms with E-state index in [1.165, 1.54) is 5.56 Å². The summed E-state index contributed by atoms with van der Waals surface area (Å²) in [6.07, 6.45) is 0.804. The molecule has 1 aliphatic rings. The Hall–Kier alpha value is -2.50. The zero-order chi connectivity index (χ0) is 18.8. The topological polar surface area (TPSA) is 56.6 Å². The van der Waals surface area contributed by atoms with Crippen LogP contribution in [0.2, 0.25) is 0 Å². The summed E-state index contributed by atoms with van der Waals surface area (Å²) < 4.78 is 12.6. The standard InChI is InChI=1S/C20H27N3O3/c1-6-23-17(11-16(21-23)13(2)3)20(24)22-8-7-14-9-18(25-4)19(26-5)10-15(14)12-22/h9-11,13H,6-8,12H2,1-5H3. The van der Waals surface area contributed by atoms with Crippen LogP contribution in [-0.4, -0.2) is 41.4 Å². The molecule has 0 bridgehead atoms. The van der Waals surface area contributed by atoms with Gasteiger partial charge in [-0.05, 0) is 48.6 Å². The first-order valence-corrected chi connectivity index (χ1v) is 9.09. The molecular weight excluding hydrogens is 330 g/mol. The molecule has 0 N–H and O–H groups in total. The summed E-state index contributed by atoms with van der Waals surface area (Å²) in [6.45, 7) is 8.13. The maximum atomic E-state index is 13.1. The van der Waals surface area contributed by atoms with Gasteiger partial charge in [0.05, 0.1) is 19.9 Å². The maximum Gasteiger partial charge on any atom is 0.272 e. The van der Waals surface area contributed by atoms with E-state index in [0.29, 0.717) is 37.0 Å². The van der Waals surface area contributed by atoms with Gasteiger partial charge in [-0.25, -0.2) is 0 Å². The van der Waals surface area contributed by atoms with E-state index < -0.39 is 0 Å². The third-order valence-corrected chi connectivity index (χ3v) is 4.91. The van der Waals surface area contributed by atoms with Gasteiger partial charge in [-0.1, -0.05) is 13.8 Å². The lowest BCUT2D eigenvalue weighted by Gasteiger charge is -2.29. The number of methoxy groups -OCH3 is 2. The fourth-order valence-electron chi connectivity index (χ4n) is 3.35. The van der Waals surface area contributed by atoms with Crippen LogP contribution in [0.3, 0.4) is 0 Å². The molecule has 0 aliphatic carbocycles. The molecule has 0 atom stereocenters. The lowest BCUT2D eigenvalue weighted by Crippen LogP contribution is -2.37. The van der Waals surface area contributed by atoms with E-state index in [-0.39, 0.29) is 5.91 Å². The normalized spacial score (nSPS) is 13.7. The first-order chi connectivity index (χ1) is 12.5. The number of fused-ring (bicyclic) bond motifs is 1. The number of benzene rings is 1. The van der Waals surface area contributed by atoms with Gasteiger partial charge in [0.15, 0.2) is 11.5 Å². The average molecular weight is 357 g/mol. The predicted molar refractivity (Wildman–Crippen MR) is 100.0 cm³/mol. The summed E-state index contributed by atoms with van der Waals surface area (Å²) in [7, 11) is 3.27. The monoisotopic (exact) mass is 357 g/mol. The van der Waals surface area contributed by atoms with Gasteiger partial charge in [-0.2, -0.15) is 5.10 Å². The van der Waals surface area contributed by atoms with Crippen molar-refractivity contribution in [1.82, 2.24) is 14.7 Å². The number of hydrogen-bond donors (Lipinski definition) is 0. The van der Waals surface area contributed by atoms with Crippen molar-refractivity contribution in [1.29, 1.82) is 0 Å². The fraction of sp³-hybridized carbons (Fsp3) is 0.500. The number of aromatic nitrogens is 2. The molecule has 0 saturated carbocycles. The van der Waals surface area contributed by atoms with Crippen molar-refractivity contribution < 1.29 is 14.3 Å². The molecule has 6 nitrogen and oxygen atoms in total. The van der Waals surface area contributed by atoms with Crippen LogP contribution in [0, 0.1) is 0 Å². The number of rotatable bonds is 5. The summed E-state index contributed by atoms with van der Waals surface area (Å²) in [5, 5.41) is 4.57. The van der Waals surface area contributed by atoms with Crippen molar-refractivity contribution in [2.75, 3.05) is 20.8 Å². The van der Waals surface area contributed by atoms with Gasteiger partial charge in [0.1, 0.15) is 5.69 Å². The van der Waals surface area contributed by atoms with E-state index >= 15 is 0 Å². The summed E-state index contributed by atoms with van der Waals surface area (Å²) in [5.41, 5.74) is 3.94. The van der Waals surface area contributed by atoms with Crippen LogP contribution in [0.25, 0.3) is 0 Å². The second-order valence-electron chi connectivity index (χ2n) is 6.88. The smallest absolute Gasteiger partial charge is 0.272 e. The highest BCUT2D eigenvalue weighted by atomic mass is 16.5. The minimum absolute atomic E-state index is 0.0340. The largest absolute Gasteiger partial charge is 0.493 e. The van der Waals surface area contributed by atoms with Gasteiger partial charge in [0.2, 0.25) is 0 Å². The van der Waals surface area contributed by atoms with Crippen molar-refractivity contribution in [3.8, 4) is 11.5 Å². The molecule has 0 saturated heterocycles. The fourth-order valence-corrected chi connectivity index (χ4v) is 3.35. The third kappa shape index (κ3) is 3.28. The Morgan fingerprint density at radius 2 is 1.81 bits per heavy atom. The number of carbonyl (C=O) groups excluding carboxylic acids is 1. The lowest BCUT2D eigenvalue weighted by atomic mass is 9.98. The van der Waals surface area contributed by atoms with Crippen LogP contribution < -0.4 is 9.47 Å². The summed E-state index contributed by atoms with van der Waals surface area (Å²) in [5.74, 6) is 1.76. The molecule has 1 aromatic heterocycles. The van der Waals surface area contributed by atoms with Crippen LogP contribution in [0.5, 0.6) is 11.5 Å². The summed E-state index contributed by atoms with van der Waals surface area (Å²) >= 11 is 0. The SMILES string of the molecule is CCn1nc(C(C)C)cc1C(=O)N1CCc2cc(OC)c(OC)cc2C1. The third-order valence-electron chi connectivity index (χ3n) is 4.91. The first-order valence-electron chi connectivity index (χ1n) is 9.09. The minimum atomic E-state index is 0.0340. The number of amides is 1. The highest BCUT2D eigenvalue weighted by molar-refractivity contribution is 5.93. The zero-order valence-electron chi connectivity index (χ0n) is 16.2. The van der Waals surface area contributed by atoms with Crippen LogP contribution in [0.1, 0.15) is 54.0 Å². The quantitative estimate of drug-likeness (QED) is 0.824. The Kier molecular flexibility index (Phi) is 5.20. The second-order valence-corrected chi connectivity index (χ2v) is 6.88. The maximum absolute atomic E-state index is 13.1. The number of nitrogens with zero attached hydrogens (tertiary/aromatic N) is 3.